The molecule has 0 saturated heterocycles. The van der Waals surface area contributed by atoms with Crippen LogP contribution in [0.1, 0.15) is 78.6 Å². The minimum atomic E-state index is 1.19. The summed E-state index contributed by atoms with van der Waals surface area (Å²) in [5.41, 5.74) is 0. The Morgan fingerprint density at radius 2 is 1.16 bits per heavy atom. The Balaban J connectivity index is 3.02. The first-order valence-electron chi connectivity index (χ1n) is 8.78. The SMILES string of the molecule is CCCCCCCCCCNCCCN(CC)CC. The third-order valence-electron chi connectivity index (χ3n) is 3.93. The Labute approximate surface area is 122 Å². The summed E-state index contributed by atoms with van der Waals surface area (Å²) >= 11 is 0. The van der Waals surface area contributed by atoms with E-state index < -0.39 is 0 Å². The Hall–Kier alpha value is -0.0800. The molecule has 0 heterocycles. The molecule has 0 rings (SSSR count). The summed E-state index contributed by atoms with van der Waals surface area (Å²) in [6, 6.07) is 0. The molecule has 0 unspecified atom stereocenters. The zero-order chi connectivity index (χ0) is 14.2. The van der Waals surface area contributed by atoms with Gasteiger partial charge in [-0.15, -0.1) is 0 Å². The zero-order valence-electron chi connectivity index (χ0n) is 13.8. The lowest BCUT2D eigenvalue weighted by atomic mass is 10.1. The molecule has 0 aliphatic rings. The first kappa shape index (κ1) is 18.9. The highest BCUT2D eigenvalue weighted by Crippen LogP contribution is 2.07. The van der Waals surface area contributed by atoms with Crippen LogP contribution in [-0.4, -0.2) is 37.6 Å². The van der Waals surface area contributed by atoms with Gasteiger partial charge in [0.15, 0.2) is 0 Å². The Kier molecular flexibility index (Phi) is 15.9. The highest BCUT2D eigenvalue weighted by atomic mass is 15.1. The number of hydrogen-bond acceptors (Lipinski definition) is 2. The van der Waals surface area contributed by atoms with Gasteiger partial charge >= 0.3 is 0 Å². The molecule has 0 saturated carbocycles. The van der Waals surface area contributed by atoms with Gasteiger partial charge in [0.2, 0.25) is 0 Å². The number of unbranched alkanes of at least 4 members (excludes halogenated alkanes) is 7. The summed E-state index contributed by atoms with van der Waals surface area (Å²) < 4.78 is 0. The smallest absolute Gasteiger partial charge is 0.000687 e. The lowest BCUT2D eigenvalue weighted by Gasteiger charge is -2.17. The van der Waals surface area contributed by atoms with Gasteiger partial charge in [0.1, 0.15) is 0 Å². The summed E-state index contributed by atoms with van der Waals surface area (Å²) in [6.07, 6.45) is 12.6. The highest BCUT2D eigenvalue weighted by molar-refractivity contribution is 4.55. The van der Waals surface area contributed by atoms with Gasteiger partial charge in [-0.3, -0.25) is 0 Å². The number of rotatable bonds is 15. The molecule has 0 aliphatic heterocycles. The van der Waals surface area contributed by atoms with Gasteiger partial charge in [-0.05, 0) is 45.6 Å². The van der Waals surface area contributed by atoms with E-state index in [2.05, 4.69) is 31.0 Å². The second-order valence-electron chi connectivity index (χ2n) is 5.61. The van der Waals surface area contributed by atoms with Gasteiger partial charge < -0.3 is 10.2 Å². The predicted molar refractivity (Wildman–Crippen MR) is 87.9 cm³/mol. The van der Waals surface area contributed by atoms with Crippen molar-refractivity contribution in [3.05, 3.63) is 0 Å². The molecule has 2 nitrogen and oxygen atoms in total. The summed E-state index contributed by atoms with van der Waals surface area (Å²) in [6.45, 7) is 12.8. The molecule has 0 aromatic heterocycles. The molecule has 1 N–H and O–H groups in total. The molecule has 0 spiro atoms. The van der Waals surface area contributed by atoms with Gasteiger partial charge in [-0.25, -0.2) is 0 Å². The molecular weight excluding hydrogens is 232 g/mol. The van der Waals surface area contributed by atoms with Gasteiger partial charge in [-0.2, -0.15) is 0 Å². The van der Waals surface area contributed by atoms with Crippen LogP contribution in [0.3, 0.4) is 0 Å². The quantitative estimate of drug-likeness (QED) is 0.442. The zero-order valence-corrected chi connectivity index (χ0v) is 13.8. The summed E-state index contributed by atoms with van der Waals surface area (Å²) in [5.74, 6) is 0. The summed E-state index contributed by atoms with van der Waals surface area (Å²) in [5, 5.41) is 3.57. The van der Waals surface area contributed by atoms with Crippen LogP contribution in [0, 0.1) is 0 Å². The van der Waals surface area contributed by atoms with Crippen LogP contribution in [0.25, 0.3) is 0 Å². The number of nitrogens with one attached hydrogen (secondary N) is 1. The van der Waals surface area contributed by atoms with Crippen molar-refractivity contribution < 1.29 is 0 Å². The van der Waals surface area contributed by atoms with Crippen molar-refractivity contribution >= 4 is 0 Å². The molecule has 116 valence electrons. The lowest BCUT2D eigenvalue weighted by molar-refractivity contribution is 0.298. The van der Waals surface area contributed by atoms with Gasteiger partial charge in [-0.1, -0.05) is 65.7 Å². The van der Waals surface area contributed by atoms with E-state index >= 15 is 0 Å². The molecule has 19 heavy (non-hydrogen) atoms. The van der Waals surface area contributed by atoms with Crippen molar-refractivity contribution in [2.24, 2.45) is 0 Å². The van der Waals surface area contributed by atoms with Gasteiger partial charge in [0.05, 0.1) is 0 Å². The maximum Gasteiger partial charge on any atom is -0.000687 e. The summed E-state index contributed by atoms with van der Waals surface area (Å²) in [7, 11) is 0. The molecule has 0 aliphatic carbocycles. The van der Waals surface area contributed by atoms with Crippen molar-refractivity contribution in [2.75, 3.05) is 32.7 Å². The fraction of sp³-hybridized carbons (Fsp3) is 1.00. The van der Waals surface area contributed by atoms with E-state index in [0.717, 1.165) is 0 Å². The summed E-state index contributed by atoms with van der Waals surface area (Å²) in [4.78, 5) is 2.50. The van der Waals surface area contributed by atoms with Crippen LogP contribution in [-0.2, 0) is 0 Å². The van der Waals surface area contributed by atoms with Crippen molar-refractivity contribution in [3.8, 4) is 0 Å². The van der Waals surface area contributed by atoms with Crippen molar-refractivity contribution in [2.45, 2.75) is 78.6 Å². The second-order valence-corrected chi connectivity index (χ2v) is 5.61. The Morgan fingerprint density at radius 1 is 0.632 bits per heavy atom. The van der Waals surface area contributed by atoms with E-state index in [1.54, 1.807) is 0 Å². The predicted octanol–water partition coefficient (Wildman–Crippen LogP) is 4.45. The van der Waals surface area contributed by atoms with Crippen molar-refractivity contribution in [1.82, 2.24) is 10.2 Å². The minimum absolute atomic E-state index is 1.19. The lowest BCUT2D eigenvalue weighted by Crippen LogP contribution is -2.27. The molecule has 0 bridgehead atoms. The third-order valence-corrected chi connectivity index (χ3v) is 3.93. The molecule has 0 fully saturated rings. The average Bonchev–Trinajstić information content (AvgIpc) is 2.44. The van der Waals surface area contributed by atoms with E-state index in [9.17, 15) is 0 Å². The number of nitrogens with zero attached hydrogens (tertiary/aromatic N) is 1. The van der Waals surface area contributed by atoms with E-state index in [1.165, 1.54) is 90.5 Å². The van der Waals surface area contributed by atoms with Gasteiger partial charge in [0.25, 0.3) is 0 Å². The van der Waals surface area contributed by atoms with Crippen LogP contribution >= 0.6 is 0 Å². The Morgan fingerprint density at radius 3 is 1.74 bits per heavy atom. The standard InChI is InChI=1S/C17H38N2/c1-4-7-8-9-10-11-12-13-15-18-16-14-17-19(5-2)6-3/h18H,4-17H2,1-3H3. The van der Waals surface area contributed by atoms with E-state index in [4.69, 9.17) is 0 Å². The van der Waals surface area contributed by atoms with Crippen LogP contribution in [0.4, 0.5) is 0 Å². The van der Waals surface area contributed by atoms with E-state index in [-0.39, 0.29) is 0 Å². The van der Waals surface area contributed by atoms with Crippen LogP contribution in [0.5, 0.6) is 0 Å². The maximum atomic E-state index is 3.57. The third kappa shape index (κ3) is 14.1. The minimum Gasteiger partial charge on any atom is -0.317 e. The molecule has 0 aromatic rings. The monoisotopic (exact) mass is 270 g/mol. The second kappa shape index (κ2) is 16.0. The van der Waals surface area contributed by atoms with Gasteiger partial charge in [0, 0.05) is 0 Å². The van der Waals surface area contributed by atoms with Crippen molar-refractivity contribution in [3.63, 3.8) is 0 Å². The fourth-order valence-corrected chi connectivity index (χ4v) is 2.48. The molecule has 0 aromatic carbocycles. The molecule has 0 radical (unpaired) electrons. The highest BCUT2D eigenvalue weighted by Gasteiger charge is 1.97. The first-order valence-corrected chi connectivity index (χ1v) is 8.78. The Bertz CT molecular complexity index is 155. The molecule has 0 atom stereocenters. The fourth-order valence-electron chi connectivity index (χ4n) is 2.48. The first-order chi connectivity index (χ1) is 9.35. The van der Waals surface area contributed by atoms with E-state index in [1.807, 2.05) is 0 Å². The van der Waals surface area contributed by atoms with Crippen molar-refractivity contribution in [1.29, 1.82) is 0 Å². The largest absolute Gasteiger partial charge is 0.317 e. The molecule has 0 amide bonds. The topological polar surface area (TPSA) is 15.3 Å². The van der Waals surface area contributed by atoms with Crippen LogP contribution in [0.15, 0.2) is 0 Å². The van der Waals surface area contributed by atoms with Crippen LogP contribution in [0.2, 0.25) is 0 Å². The van der Waals surface area contributed by atoms with Crippen LogP contribution < -0.4 is 5.32 Å². The molecule has 2 heteroatoms. The van der Waals surface area contributed by atoms with E-state index in [0.29, 0.717) is 0 Å². The average molecular weight is 271 g/mol. The maximum absolute atomic E-state index is 3.57. The normalized spacial score (nSPS) is 11.4. The molecular formula is C17H38N2. The number of hydrogen-bond donors (Lipinski definition) is 1.